The summed E-state index contributed by atoms with van der Waals surface area (Å²) in [6, 6.07) is -0.177. The zero-order chi connectivity index (χ0) is 13.1. The molecule has 1 amide bonds. The molecule has 0 aromatic rings. The van der Waals surface area contributed by atoms with Gasteiger partial charge in [-0.2, -0.15) is 0 Å². The van der Waals surface area contributed by atoms with Crippen LogP contribution >= 0.6 is 0 Å². The Labute approximate surface area is 108 Å². The predicted octanol–water partition coefficient (Wildman–Crippen LogP) is 0.125. The third-order valence-electron chi connectivity index (χ3n) is 4.26. The normalized spacial score (nSPS) is 36.6. The highest BCUT2D eigenvalue weighted by Gasteiger charge is 2.36. The summed E-state index contributed by atoms with van der Waals surface area (Å²) in [5, 5.41) is 13.2. The number of rotatable bonds is 3. The summed E-state index contributed by atoms with van der Waals surface area (Å²) in [7, 11) is 3.48. The maximum atomic E-state index is 12.3. The first-order valence-electron chi connectivity index (χ1n) is 6.84. The topological polar surface area (TPSA) is 61.8 Å². The van der Waals surface area contributed by atoms with Gasteiger partial charge in [-0.3, -0.25) is 4.79 Å². The minimum Gasteiger partial charge on any atom is -0.391 e. The van der Waals surface area contributed by atoms with E-state index in [1.165, 1.54) is 0 Å². The summed E-state index contributed by atoms with van der Waals surface area (Å²) >= 11 is 0. The molecule has 0 bridgehead atoms. The minimum absolute atomic E-state index is 0.0188. The Morgan fingerprint density at radius 3 is 2.72 bits per heavy atom. The van der Waals surface area contributed by atoms with E-state index in [4.69, 9.17) is 4.74 Å². The quantitative estimate of drug-likeness (QED) is 0.753. The molecule has 4 unspecified atom stereocenters. The van der Waals surface area contributed by atoms with Gasteiger partial charge in [-0.05, 0) is 19.3 Å². The zero-order valence-corrected chi connectivity index (χ0v) is 11.3. The molecule has 2 fully saturated rings. The predicted molar refractivity (Wildman–Crippen MR) is 68.2 cm³/mol. The van der Waals surface area contributed by atoms with E-state index >= 15 is 0 Å². The van der Waals surface area contributed by atoms with Crippen LogP contribution in [-0.2, 0) is 9.53 Å². The van der Waals surface area contributed by atoms with Crippen molar-refractivity contribution in [3.05, 3.63) is 0 Å². The fourth-order valence-electron chi connectivity index (χ4n) is 3.02. The Balaban J connectivity index is 1.92. The van der Waals surface area contributed by atoms with Crippen LogP contribution in [0, 0.1) is 0 Å². The van der Waals surface area contributed by atoms with E-state index in [1.54, 1.807) is 12.0 Å². The van der Waals surface area contributed by atoms with Crippen LogP contribution in [0.1, 0.15) is 32.1 Å². The number of likely N-dealkylation sites (N-methyl/N-ethyl adjacent to an activating group) is 1. The molecular formula is C13H24N2O3. The Morgan fingerprint density at radius 1 is 1.39 bits per heavy atom. The standard InChI is InChI=1S/C13H24N2O3/c1-15(11-5-3-4-6-12(11)16)13(17)10-7-9(18-2)8-14-10/h9-12,14,16H,3-8H2,1-2H3. The molecule has 4 atom stereocenters. The Bertz CT molecular complexity index is 298. The smallest absolute Gasteiger partial charge is 0.239 e. The second-order valence-electron chi connectivity index (χ2n) is 5.42. The average Bonchev–Trinajstić information content (AvgIpc) is 2.86. The molecule has 2 rings (SSSR count). The van der Waals surface area contributed by atoms with Gasteiger partial charge in [-0.1, -0.05) is 12.8 Å². The molecule has 18 heavy (non-hydrogen) atoms. The van der Waals surface area contributed by atoms with Crippen LogP contribution in [0.5, 0.6) is 0 Å². The van der Waals surface area contributed by atoms with E-state index in [0.29, 0.717) is 0 Å². The number of aliphatic hydroxyl groups excluding tert-OH is 1. The molecule has 1 aliphatic carbocycles. The number of hydrogen-bond acceptors (Lipinski definition) is 4. The Kier molecular flexibility index (Phi) is 4.59. The second-order valence-corrected chi connectivity index (χ2v) is 5.42. The lowest BCUT2D eigenvalue weighted by Gasteiger charge is -2.36. The summed E-state index contributed by atoms with van der Waals surface area (Å²) < 4.78 is 5.26. The highest BCUT2D eigenvalue weighted by molar-refractivity contribution is 5.82. The summed E-state index contributed by atoms with van der Waals surface area (Å²) in [4.78, 5) is 14.1. The van der Waals surface area contributed by atoms with Gasteiger partial charge in [0.2, 0.25) is 5.91 Å². The summed E-state index contributed by atoms with van der Waals surface area (Å²) in [6.07, 6.45) is 4.36. The van der Waals surface area contributed by atoms with Crippen molar-refractivity contribution in [1.82, 2.24) is 10.2 Å². The SMILES string of the molecule is COC1CNC(C(=O)N(C)C2CCCCC2O)C1. The van der Waals surface area contributed by atoms with Crippen molar-refractivity contribution in [2.75, 3.05) is 20.7 Å². The van der Waals surface area contributed by atoms with E-state index in [-0.39, 0.29) is 30.2 Å². The molecular weight excluding hydrogens is 232 g/mol. The average molecular weight is 256 g/mol. The highest BCUT2D eigenvalue weighted by atomic mass is 16.5. The number of amides is 1. The van der Waals surface area contributed by atoms with E-state index in [1.807, 2.05) is 7.05 Å². The van der Waals surface area contributed by atoms with Gasteiger partial charge in [0.1, 0.15) is 0 Å². The molecule has 0 spiro atoms. The van der Waals surface area contributed by atoms with E-state index in [0.717, 1.165) is 38.6 Å². The maximum Gasteiger partial charge on any atom is 0.239 e. The van der Waals surface area contributed by atoms with Gasteiger partial charge in [0.05, 0.1) is 24.3 Å². The van der Waals surface area contributed by atoms with Gasteiger partial charge in [-0.25, -0.2) is 0 Å². The Hall–Kier alpha value is -0.650. The number of nitrogens with zero attached hydrogens (tertiary/aromatic N) is 1. The molecule has 0 aromatic heterocycles. The molecule has 104 valence electrons. The molecule has 1 saturated heterocycles. The van der Waals surface area contributed by atoms with E-state index < -0.39 is 0 Å². The number of ether oxygens (including phenoxy) is 1. The van der Waals surface area contributed by atoms with Crippen LogP contribution in [0.3, 0.4) is 0 Å². The summed E-state index contributed by atoms with van der Waals surface area (Å²) in [5.74, 6) is 0.0838. The lowest BCUT2D eigenvalue weighted by atomic mass is 9.91. The molecule has 1 heterocycles. The minimum atomic E-state index is -0.368. The second kappa shape index (κ2) is 5.99. The first-order chi connectivity index (χ1) is 8.63. The van der Waals surface area contributed by atoms with Gasteiger partial charge >= 0.3 is 0 Å². The lowest BCUT2D eigenvalue weighted by molar-refractivity contribution is -0.137. The van der Waals surface area contributed by atoms with Gasteiger partial charge in [0.15, 0.2) is 0 Å². The molecule has 2 aliphatic rings. The zero-order valence-electron chi connectivity index (χ0n) is 11.3. The van der Waals surface area contributed by atoms with Crippen LogP contribution in [0.4, 0.5) is 0 Å². The number of methoxy groups -OCH3 is 1. The van der Waals surface area contributed by atoms with Crippen molar-refractivity contribution < 1.29 is 14.6 Å². The van der Waals surface area contributed by atoms with Crippen molar-refractivity contribution >= 4 is 5.91 Å². The third kappa shape index (κ3) is 2.84. The summed E-state index contributed by atoms with van der Waals surface area (Å²) in [6.45, 7) is 0.730. The largest absolute Gasteiger partial charge is 0.391 e. The molecule has 5 nitrogen and oxygen atoms in total. The lowest BCUT2D eigenvalue weighted by Crippen LogP contribution is -2.51. The van der Waals surface area contributed by atoms with Gasteiger partial charge in [0, 0.05) is 20.7 Å². The fourth-order valence-corrected chi connectivity index (χ4v) is 3.02. The van der Waals surface area contributed by atoms with Crippen molar-refractivity contribution in [3.8, 4) is 0 Å². The summed E-state index contributed by atoms with van der Waals surface area (Å²) in [5.41, 5.74) is 0. The highest BCUT2D eigenvalue weighted by Crippen LogP contribution is 2.23. The first-order valence-corrected chi connectivity index (χ1v) is 6.84. The maximum absolute atomic E-state index is 12.3. The fraction of sp³-hybridized carbons (Fsp3) is 0.923. The molecule has 1 saturated carbocycles. The van der Waals surface area contributed by atoms with Crippen LogP contribution in [0.15, 0.2) is 0 Å². The molecule has 0 radical (unpaired) electrons. The van der Waals surface area contributed by atoms with Crippen LogP contribution < -0.4 is 5.32 Å². The van der Waals surface area contributed by atoms with E-state index in [9.17, 15) is 9.90 Å². The number of carbonyl (C=O) groups is 1. The van der Waals surface area contributed by atoms with Gasteiger partial charge in [0.25, 0.3) is 0 Å². The number of nitrogens with one attached hydrogen (secondary N) is 1. The van der Waals surface area contributed by atoms with Crippen LogP contribution in [0.2, 0.25) is 0 Å². The van der Waals surface area contributed by atoms with E-state index in [2.05, 4.69) is 5.32 Å². The van der Waals surface area contributed by atoms with Crippen molar-refractivity contribution in [2.24, 2.45) is 0 Å². The monoisotopic (exact) mass is 256 g/mol. The number of aliphatic hydroxyl groups is 1. The van der Waals surface area contributed by atoms with Crippen LogP contribution in [-0.4, -0.2) is 60.9 Å². The molecule has 2 N–H and O–H groups in total. The van der Waals surface area contributed by atoms with Crippen molar-refractivity contribution in [1.29, 1.82) is 0 Å². The Morgan fingerprint density at radius 2 is 2.11 bits per heavy atom. The molecule has 5 heteroatoms. The van der Waals surface area contributed by atoms with Gasteiger partial charge in [-0.15, -0.1) is 0 Å². The van der Waals surface area contributed by atoms with Crippen molar-refractivity contribution in [2.45, 2.75) is 56.4 Å². The molecule has 0 aromatic carbocycles. The van der Waals surface area contributed by atoms with Crippen molar-refractivity contribution in [3.63, 3.8) is 0 Å². The third-order valence-corrected chi connectivity index (χ3v) is 4.26. The number of hydrogen-bond donors (Lipinski definition) is 2. The first kappa shape index (κ1) is 13.8. The van der Waals surface area contributed by atoms with Gasteiger partial charge < -0.3 is 20.1 Å². The number of carbonyl (C=O) groups excluding carboxylic acids is 1. The molecule has 1 aliphatic heterocycles. The van der Waals surface area contributed by atoms with Crippen LogP contribution in [0.25, 0.3) is 0 Å².